The maximum absolute atomic E-state index is 6.09. The zero-order chi connectivity index (χ0) is 18.8. The van der Waals surface area contributed by atoms with Gasteiger partial charge in [0.25, 0.3) is 0 Å². The third-order valence-electron chi connectivity index (χ3n) is 7.08. The number of ether oxygens (including phenoxy) is 3. The summed E-state index contributed by atoms with van der Waals surface area (Å²) in [6.07, 6.45) is 6.11. The van der Waals surface area contributed by atoms with E-state index in [1.54, 1.807) is 0 Å². The Balaban J connectivity index is 1.44. The average molecular weight is 368 g/mol. The minimum atomic E-state index is -0.0628. The average Bonchev–Trinajstić information content (AvgIpc) is 3.17. The molecule has 0 aromatic carbocycles. The second-order valence-corrected chi connectivity index (χ2v) is 8.76. The van der Waals surface area contributed by atoms with Crippen molar-refractivity contribution in [1.29, 1.82) is 0 Å². The lowest BCUT2D eigenvalue weighted by Gasteiger charge is -2.59. The van der Waals surface area contributed by atoms with Crippen LogP contribution in [0.3, 0.4) is 0 Å². The van der Waals surface area contributed by atoms with E-state index in [0.29, 0.717) is 18.2 Å². The molecule has 0 radical (unpaired) electrons. The molecule has 1 aliphatic carbocycles. The number of aliphatic imine (C=N–C) groups is 1. The lowest BCUT2D eigenvalue weighted by atomic mass is 9.56. The van der Waals surface area contributed by atoms with Gasteiger partial charge in [0.1, 0.15) is 0 Å². The molecular weight excluding hydrogens is 330 g/mol. The van der Waals surface area contributed by atoms with E-state index < -0.39 is 0 Å². The van der Waals surface area contributed by atoms with Crippen molar-refractivity contribution in [1.82, 2.24) is 10.2 Å². The molecule has 0 spiro atoms. The predicted molar refractivity (Wildman–Crippen MR) is 104 cm³/mol. The van der Waals surface area contributed by atoms with Crippen molar-refractivity contribution in [3.8, 4) is 0 Å². The van der Waals surface area contributed by atoms with Gasteiger partial charge in [-0.1, -0.05) is 13.8 Å². The number of guanidine groups is 1. The standard InChI is InChI=1S/C20H37N3O3/c1-19(2)17(13-20(19,3)24-5)22-18(21-4)23-10-8-15(9-11-23)26-14-16-7-6-12-25-16/h15-17H,6-14H2,1-5H3,(H,21,22). The molecular formula is C20H37N3O3. The van der Waals surface area contributed by atoms with Crippen LogP contribution in [0.2, 0.25) is 0 Å². The Kier molecular flexibility index (Phi) is 6.14. The summed E-state index contributed by atoms with van der Waals surface area (Å²) in [6, 6.07) is 0.389. The molecule has 3 rings (SSSR count). The monoisotopic (exact) mass is 367 g/mol. The molecule has 6 heteroatoms. The van der Waals surface area contributed by atoms with Gasteiger partial charge in [0.2, 0.25) is 0 Å². The van der Waals surface area contributed by atoms with E-state index in [-0.39, 0.29) is 11.0 Å². The van der Waals surface area contributed by atoms with E-state index in [4.69, 9.17) is 14.2 Å². The molecule has 1 saturated carbocycles. The Hall–Kier alpha value is -0.850. The summed E-state index contributed by atoms with van der Waals surface area (Å²) in [5, 5.41) is 3.68. The summed E-state index contributed by atoms with van der Waals surface area (Å²) in [5.41, 5.74) is 0.0209. The van der Waals surface area contributed by atoms with Crippen LogP contribution in [0.15, 0.2) is 4.99 Å². The zero-order valence-electron chi connectivity index (χ0n) is 17.2. The summed E-state index contributed by atoms with van der Waals surface area (Å²) >= 11 is 0. The first-order chi connectivity index (χ1) is 12.4. The summed E-state index contributed by atoms with van der Waals surface area (Å²) < 4.78 is 17.5. The summed E-state index contributed by atoms with van der Waals surface area (Å²) in [7, 11) is 3.69. The summed E-state index contributed by atoms with van der Waals surface area (Å²) in [5.74, 6) is 1.01. The maximum atomic E-state index is 6.09. The van der Waals surface area contributed by atoms with Crippen LogP contribution in [0.1, 0.15) is 52.9 Å². The van der Waals surface area contributed by atoms with Crippen LogP contribution in [0, 0.1) is 5.41 Å². The van der Waals surface area contributed by atoms with Gasteiger partial charge >= 0.3 is 0 Å². The van der Waals surface area contributed by atoms with Crippen LogP contribution >= 0.6 is 0 Å². The fraction of sp³-hybridized carbons (Fsp3) is 0.950. The van der Waals surface area contributed by atoms with E-state index in [1.807, 2.05) is 14.2 Å². The fourth-order valence-corrected chi connectivity index (χ4v) is 4.43. The third kappa shape index (κ3) is 3.87. The van der Waals surface area contributed by atoms with Gasteiger partial charge in [-0.05, 0) is 39.0 Å². The van der Waals surface area contributed by atoms with Crippen LogP contribution in [0.4, 0.5) is 0 Å². The molecule has 0 aromatic rings. The predicted octanol–water partition coefficient (Wildman–Crippen LogP) is 2.43. The molecule has 3 fully saturated rings. The van der Waals surface area contributed by atoms with Crippen molar-refractivity contribution in [3.05, 3.63) is 0 Å². The highest BCUT2D eigenvalue weighted by Gasteiger charge is 2.58. The first kappa shape index (κ1) is 19.9. The molecule has 3 unspecified atom stereocenters. The number of likely N-dealkylation sites (tertiary alicyclic amines) is 1. The molecule has 3 aliphatic rings. The Bertz CT molecular complexity index is 497. The molecule has 2 heterocycles. The normalized spacial score (nSPS) is 35.4. The number of hydrogen-bond donors (Lipinski definition) is 1. The molecule has 2 aliphatic heterocycles. The Morgan fingerprint density at radius 1 is 1.23 bits per heavy atom. The van der Waals surface area contributed by atoms with E-state index in [1.165, 1.54) is 6.42 Å². The Labute approximate surface area is 158 Å². The first-order valence-electron chi connectivity index (χ1n) is 10.2. The molecule has 2 saturated heterocycles. The summed E-state index contributed by atoms with van der Waals surface area (Å²) in [6.45, 7) is 10.4. The smallest absolute Gasteiger partial charge is 0.193 e. The first-order valence-corrected chi connectivity index (χ1v) is 10.2. The van der Waals surface area contributed by atoms with Gasteiger partial charge in [0.15, 0.2) is 5.96 Å². The van der Waals surface area contributed by atoms with Crippen molar-refractivity contribution in [2.75, 3.05) is 40.5 Å². The quantitative estimate of drug-likeness (QED) is 0.597. The zero-order valence-corrected chi connectivity index (χ0v) is 17.2. The molecule has 0 bridgehead atoms. The molecule has 0 amide bonds. The minimum absolute atomic E-state index is 0.0628. The van der Waals surface area contributed by atoms with Gasteiger partial charge in [0, 0.05) is 45.3 Å². The van der Waals surface area contributed by atoms with E-state index >= 15 is 0 Å². The number of nitrogens with zero attached hydrogens (tertiary/aromatic N) is 2. The van der Waals surface area contributed by atoms with Gasteiger partial charge in [-0.25, -0.2) is 0 Å². The van der Waals surface area contributed by atoms with Crippen LogP contribution in [-0.4, -0.2) is 75.2 Å². The van der Waals surface area contributed by atoms with E-state index in [9.17, 15) is 0 Å². The van der Waals surface area contributed by atoms with Gasteiger partial charge in [-0.15, -0.1) is 0 Å². The second-order valence-electron chi connectivity index (χ2n) is 8.76. The van der Waals surface area contributed by atoms with Crippen LogP contribution in [0.25, 0.3) is 0 Å². The SMILES string of the molecule is CN=C(NC1CC(C)(OC)C1(C)C)N1CCC(OCC2CCCO2)CC1. The third-order valence-corrected chi connectivity index (χ3v) is 7.08. The lowest BCUT2D eigenvalue weighted by Crippen LogP contribution is -2.69. The second kappa shape index (κ2) is 8.03. The molecule has 0 aromatic heterocycles. The number of hydrogen-bond acceptors (Lipinski definition) is 4. The Morgan fingerprint density at radius 2 is 1.96 bits per heavy atom. The molecule has 26 heavy (non-hydrogen) atoms. The molecule has 3 atom stereocenters. The molecule has 6 nitrogen and oxygen atoms in total. The largest absolute Gasteiger partial charge is 0.378 e. The number of piperidine rings is 1. The van der Waals surface area contributed by atoms with Crippen LogP contribution in [-0.2, 0) is 14.2 Å². The summed E-state index contributed by atoms with van der Waals surface area (Å²) in [4.78, 5) is 6.90. The van der Waals surface area contributed by atoms with Crippen molar-refractivity contribution >= 4 is 5.96 Å². The van der Waals surface area contributed by atoms with Gasteiger partial charge in [-0.2, -0.15) is 0 Å². The fourth-order valence-electron chi connectivity index (χ4n) is 4.43. The van der Waals surface area contributed by atoms with Crippen molar-refractivity contribution < 1.29 is 14.2 Å². The highest BCUT2D eigenvalue weighted by atomic mass is 16.5. The topological polar surface area (TPSA) is 55.3 Å². The van der Waals surface area contributed by atoms with E-state index in [0.717, 1.165) is 57.9 Å². The minimum Gasteiger partial charge on any atom is -0.378 e. The highest BCUT2D eigenvalue weighted by molar-refractivity contribution is 5.80. The van der Waals surface area contributed by atoms with Crippen molar-refractivity contribution in [2.45, 2.75) is 76.7 Å². The van der Waals surface area contributed by atoms with Gasteiger partial charge in [-0.3, -0.25) is 4.99 Å². The number of methoxy groups -OCH3 is 1. The van der Waals surface area contributed by atoms with Gasteiger partial charge in [0.05, 0.1) is 24.4 Å². The Morgan fingerprint density at radius 3 is 2.50 bits per heavy atom. The number of rotatable bonds is 5. The van der Waals surface area contributed by atoms with Crippen molar-refractivity contribution in [3.63, 3.8) is 0 Å². The highest BCUT2D eigenvalue weighted by Crippen LogP contribution is 2.51. The van der Waals surface area contributed by atoms with Crippen molar-refractivity contribution in [2.24, 2.45) is 10.4 Å². The maximum Gasteiger partial charge on any atom is 0.193 e. The molecule has 1 N–H and O–H groups in total. The van der Waals surface area contributed by atoms with Gasteiger partial charge < -0.3 is 24.4 Å². The van der Waals surface area contributed by atoms with E-state index in [2.05, 4.69) is 36.0 Å². The lowest BCUT2D eigenvalue weighted by molar-refractivity contribution is -0.177. The molecule has 150 valence electrons. The van der Waals surface area contributed by atoms with Crippen LogP contribution < -0.4 is 5.32 Å². The van der Waals surface area contributed by atoms with Crippen LogP contribution in [0.5, 0.6) is 0 Å². The number of nitrogens with one attached hydrogen (secondary N) is 1.